The summed E-state index contributed by atoms with van der Waals surface area (Å²) in [6.07, 6.45) is 2.53. The molecule has 1 aromatic rings. The summed E-state index contributed by atoms with van der Waals surface area (Å²) >= 11 is 0. The van der Waals surface area contributed by atoms with E-state index in [-0.39, 0.29) is 11.8 Å². The third kappa shape index (κ3) is 1.58. The van der Waals surface area contributed by atoms with Crippen LogP contribution in [0.25, 0.3) is 0 Å². The van der Waals surface area contributed by atoms with Gasteiger partial charge in [-0.15, -0.1) is 0 Å². The molecule has 2 rings (SSSR count). The highest BCUT2D eigenvalue weighted by molar-refractivity contribution is 6.28. The molecule has 0 fully saturated rings. The van der Waals surface area contributed by atoms with Crippen molar-refractivity contribution in [3.8, 4) is 5.75 Å². The lowest BCUT2D eigenvalue weighted by Gasteiger charge is -2.15. The average Bonchev–Trinajstić information content (AvgIpc) is 2.58. The zero-order valence-electron chi connectivity index (χ0n) is 9.06. The smallest absolute Gasteiger partial charge is 0.258 e. The molecule has 1 aliphatic rings. The summed E-state index contributed by atoms with van der Waals surface area (Å²) in [4.78, 5) is 24.0. The van der Waals surface area contributed by atoms with Gasteiger partial charge in [0.05, 0.1) is 12.8 Å². The number of carbonyl (C=O) groups is 2. The first kappa shape index (κ1) is 10.4. The normalized spacial score (nSPS) is 14.8. The van der Waals surface area contributed by atoms with Crippen molar-refractivity contribution in [1.29, 1.82) is 0 Å². The summed E-state index contributed by atoms with van der Waals surface area (Å²) in [5, 5.41) is 0. The van der Waals surface area contributed by atoms with E-state index >= 15 is 0 Å². The Kier molecular flexibility index (Phi) is 2.48. The van der Waals surface area contributed by atoms with Crippen LogP contribution in [0.3, 0.4) is 0 Å². The molecule has 2 amide bonds. The van der Waals surface area contributed by atoms with Crippen molar-refractivity contribution in [3.63, 3.8) is 0 Å². The van der Waals surface area contributed by atoms with Gasteiger partial charge in [-0.1, -0.05) is 0 Å². The number of nitrogens with zero attached hydrogens (tertiary/aromatic N) is 1. The minimum atomic E-state index is -0.311. The van der Waals surface area contributed by atoms with Gasteiger partial charge in [0, 0.05) is 12.2 Å². The number of hydrogen-bond acceptors (Lipinski definition) is 3. The van der Waals surface area contributed by atoms with E-state index in [9.17, 15) is 9.59 Å². The number of methoxy groups -OCH3 is 1. The molecule has 82 valence electrons. The second-order valence-electron chi connectivity index (χ2n) is 3.50. The number of carbonyl (C=O) groups excluding carboxylic acids is 2. The Balaban J connectivity index is 2.39. The fraction of sp³-hybridized carbons (Fsp3) is 0.167. The average molecular weight is 217 g/mol. The number of anilines is 1. The lowest BCUT2D eigenvalue weighted by atomic mass is 10.2. The summed E-state index contributed by atoms with van der Waals surface area (Å²) in [7, 11) is 1.58. The Hall–Kier alpha value is -2.10. The Morgan fingerprint density at radius 3 is 2.25 bits per heavy atom. The first-order valence-corrected chi connectivity index (χ1v) is 4.84. The molecule has 0 radical (unpaired) electrons. The maximum atomic E-state index is 11.4. The zero-order valence-corrected chi connectivity index (χ0v) is 9.06. The molecule has 0 saturated carbocycles. The van der Waals surface area contributed by atoms with Crippen molar-refractivity contribution in [2.75, 3.05) is 12.0 Å². The van der Waals surface area contributed by atoms with Crippen LogP contribution in [0.2, 0.25) is 0 Å². The van der Waals surface area contributed by atoms with Crippen molar-refractivity contribution in [3.05, 3.63) is 35.9 Å². The van der Waals surface area contributed by atoms with E-state index in [1.807, 2.05) is 6.92 Å². The van der Waals surface area contributed by atoms with E-state index < -0.39 is 0 Å². The standard InChI is InChI=1S/C12H11NO3/c1-8-7-9(3-4-10(8)16-2)13-11(14)5-6-12(13)15/h3-7H,1-2H3. The van der Waals surface area contributed by atoms with Crippen molar-refractivity contribution in [1.82, 2.24) is 0 Å². The van der Waals surface area contributed by atoms with Crippen molar-refractivity contribution >= 4 is 17.5 Å². The van der Waals surface area contributed by atoms with Gasteiger partial charge < -0.3 is 4.74 Å². The number of aryl methyl sites for hydroxylation is 1. The van der Waals surface area contributed by atoms with Crippen LogP contribution >= 0.6 is 0 Å². The molecular formula is C12H11NO3. The largest absolute Gasteiger partial charge is 0.496 e. The molecule has 4 nitrogen and oxygen atoms in total. The van der Waals surface area contributed by atoms with Gasteiger partial charge in [0.25, 0.3) is 11.8 Å². The predicted molar refractivity (Wildman–Crippen MR) is 59.4 cm³/mol. The van der Waals surface area contributed by atoms with Crippen LogP contribution in [0, 0.1) is 6.92 Å². The first-order valence-electron chi connectivity index (χ1n) is 4.84. The molecular weight excluding hydrogens is 206 g/mol. The molecule has 0 N–H and O–H groups in total. The van der Waals surface area contributed by atoms with Crippen LogP contribution in [0.15, 0.2) is 30.4 Å². The predicted octanol–water partition coefficient (Wildman–Crippen LogP) is 1.43. The van der Waals surface area contributed by atoms with Gasteiger partial charge in [-0.2, -0.15) is 0 Å². The quantitative estimate of drug-likeness (QED) is 0.704. The van der Waals surface area contributed by atoms with Crippen molar-refractivity contribution in [2.24, 2.45) is 0 Å². The van der Waals surface area contributed by atoms with Gasteiger partial charge in [0.15, 0.2) is 0 Å². The SMILES string of the molecule is COc1ccc(N2C(=O)C=CC2=O)cc1C. The van der Waals surface area contributed by atoms with Crippen LogP contribution in [-0.2, 0) is 9.59 Å². The van der Waals surface area contributed by atoms with E-state index in [1.54, 1.807) is 25.3 Å². The zero-order chi connectivity index (χ0) is 11.7. The molecule has 16 heavy (non-hydrogen) atoms. The van der Waals surface area contributed by atoms with Crippen LogP contribution in [0.1, 0.15) is 5.56 Å². The number of amides is 2. The molecule has 0 saturated heterocycles. The molecule has 4 heteroatoms. The van der Waals surface area contributed by atoms with Crippen LogP contribution in [-0.4, -0.2) is 18.9 Å². The minimum absolute atomic E-state index is 0.311. The minimum Gasteiger partial charge on any atom is -0.496 e. The number of benzene rings is 1. The number of ether oxygens (including phenoxy) is 1. The van der Waals surface area contributed by atoms with Crippen LogP contribution < -0.4 is 9.64 Å². The second kappa shape index (κ2) is 3.81. The van der Waals surface area contributed by atoms with Crippen molar-refractivity contribution < 1.29 is 14.3 Å². The van der Waals surface area contributed by atoms with Gasteiger partial charge in [0.1, 0.15) is 5.75 Å². The fourth-order valence-electron chi connectivity index (χ4n) is 1.66. The molecule has 0 aliphatic carbocycles. The second-order valence-corrected chi connectivity index (χ2v) is 3.50. The third-order valence-corrected chi connectivity index (χ3v) is 2.45. The van der Waals surface area contributed by atoms with E-state index in [4.69, 9.17) is 4.74 Å². The van der Waals surface area contributed by atoms with Gasteiger partial charge in [-0.25, -0.2) is 4.90 Å². The summed E-state index contributed by atoms with van der Waals surface area (Å²) < 4.78 is 5.11. The van der Waals surface area contributed by atoms with Gasteiger partial charge in [-0.3, -0.25) is 9.59 Å². The lowest BCUT2D eigenvalue weighted by molar-refractivity contribution is -0.119. The van der Waals surface area contributed by atoms with Crippen LogP contribution in [0.5, 0.6) is 5.75 Å². The highest BCUT2D eigenvalue weighted by Gasteiger charge is 2.25. The highest BCUT2D eigenvalue weighted by atomic mass is 16.5. The number of imide groups is 1. The molecule has 0 unspecified atom stereocenters. The Morgan fingerprint density at radius 1 is 1.12 bits per heavy atom. The molecule has 0 atom stereocenters. The maximum Gasteiger partial charge on any atom is 0.258 e. The molecule has 1 aliphatic heterocycles. The van der Waals surface area contributed by atoms with E-state index in [2.05, 4.69) is 0 Å². The molecule has 0 bridgehead atoms. The van der Waals surface area contributed by atoms with E-state index in [1.165, 1.54) is 12.2 Å². The summed E-state index contributed by atoms with van der Waals surface area (Å²) in [5.74, 6) is 0.111. The molecule has 0 aromatic heterocycles. The van der Waals surface area contributed by atoms with Gasteiger partial charge in [-0.05, 0) is 30.7 Å². The Morgan fingerprint density at radius 2 is 1.75 bits per heavy atom. The van der Waals surface area contributed by atoms with Crippen molar-refractivity contribution in [2.45, 2.75) is 6.92 Å². The maximum absolute atomic E-state index is 11.4. The fourth-order valence-corrected chi connectivity index (χ4v) is 1.66. The monoisotopic (exact) mass is 217 g/mol. The lowest BCUT2D eigenvalue weighted by Crippen LogP contribution is -2.29. The highest BCUT2D eigenvalue weighted by Crippen LogP contribution is 2.25. The van der Waals surface area contributed by atoms with Gasteiger partial charge >= 0.3 is 0 Å². The van der Waals surface area contributed by atoms with E-state index in [0.29, 0.717) is 5.69 Å². The first-order chi connectivity index (χ1) is 7.63. The molecule has 1 heterocycles. The van der Waals surface area contributed by atoms with E-state index in [0.717, 1.165) is 16.2 Å². The number of hydrogen-bond donors (Lipinski definition) is 0. The molecule has 1 aromatic carbocycles. The topological polar surface area (TPSA) is 46.6 Å². The summed E-state index contributed by atoms with van der Waals surface area (Å²) in [6, 6.07) is 5.18. The van der Waals surface area contributed by atoms with Crippen LogP contribution in [0.4, 0.5) is 5.69 Å². The van der Waals surface area contributed by atoms with Gasteiger partial charge in [0.2, 0.25) is 0 Å². The Labute approximate surface area is 93.1 Å². The Bertz CT molecular complexity index is 473. The molecule has 0 spiro atoms. The summed E-state index contributed by atoms with van der Waals surface area (Å²) in [6.45, 7) is 1.86. The third-order valence-electron chi connectivity index (χ3n) is 2.45. The summed E-state index contributed by atoms with van der Waals surface area (Å²) in [5.41, 5.74) is 1.45. The number of rotatable bonds is 2.